The van der Waals surface area contributed by atoms with Gasteiger partial charge in [-0.1, -0.05) is 0 Å². The standard InChI is InChI=1S/C2H4O.3CH3.Al/c1-2-3-1;;;;/h1-2H2;3*1H3;. The van der Waals surface area contributed by atoms with E-state index in [0.717, 1.165) is 13.2 Å². The highest BCUT2D eigenvalue weighted by molar-refractivity contribution is 6.54. The molecule has 1 saturated heterocycles. The Morgan fingerprint density at radius 3 is 1.29 bits per heavy atom. The van der Waals surface area contributed by atoms with Crippen molar-refractivity contribution in [2.75, 3.05) is 13.2 Å². The topological polar surface area (TPSA) is 12.5 Å². The maximum absolute atomic E-state index is 4.50. The van der Waals surface area contributed by atoms with Crippen LogP contribution in [-0.2, 0) is 4.74 Å². The highest BCUT2D eigenvalue weighted by Crippen LogP contribution is 1.84. The first-order valence-corrected chi connectivity index (χ1v) is 6.27. The summed E-state index contributed by atoms with van der Waals surface area (Å²) in [5, 5.41) is 0. The molecule has 2 heteroatoms. The van der Waals surface area contributed by atoms with Gasteiger partial charge in [-0.3, -0.25) is 0 Å². The van der Waals surface area contributed by atoms with Gasteiger partial charge in [0.05, 0.1) is 13.2 Å². The van der Waals surface area contributed by atoms with Crippen molar-refractivity contribution in [2.45, 2.75) is 17.4 Å². The Labute approximate surface area is 50.1 Å². The molecule has 7 heavy (non-hydrogen) atoms. The van der Waals surface area contributed by atoms with E-state index in [4.69, 9.17) is 0 Å². The summed E-state index contributed by atoms with van der Waals surface area (Å²) in [5.41, 5.74) is 0. The van der Waals surface area contributed by atoms with Gasteiger partial charge in [-0.25, -0.2) is 0 Å². The van der Waals surface area contributed by atoms with Crippen LogP contribution in [0.15, 0.2) is 0 Å². The molecule has 0 spiro atoms. The number of rotatable bonds is 0. The summed E-state index contributed by atoms with van der Waals surface area (Å²) >= 11 is -0.139. The summed E-state index contributed by atoms with van der Waals surface area (Å²) < 4.78 is 4.50. The fourth-order valence-electron chi connectivity index (χ4n) is 0. The van der Waals surface area contributed by atoms with Gasteiger partial charge in [-0.15, -0.1) is 17.4 Å². The molecule has 0 aromatic rings. The van der Waals surface area contributed by atoms with Gasteiger partial charge in [0.15, 0.2) is 0 Å². The average Bonchev–Trinajstić information content (AvgIpc) is 2.02. The Morgan fingerprint density at radius 2 is 1.29 bits per heavy atom. The van der Waals surface area contributed by atoms with E-state index in [1.54, 1.807) is 0 Å². The average molecular weight is 116 g/mol. The second-order valence-corrected chi connectivity index (χ2v) is 5.81. The first-order chi connectivity index (χ1) is 3.23. The Bertz CT molecular complexity index is 29.6. The van der Waals surface area contributed by atoms with E-state index in [-0.39, 0.29) is 14.1 Å². The van der Waals surface area contributed by atoms with Gasteiger partial charge in [-0.2, -0.15) is 0 Å². The molecule has 0 saturated carbocycles. The first kappa shape index (κ1) is 7.49. The lowest BCUT2D eigenvalue weighted by molar-refractivity contribution is 0.475. The van der Waals surface area contributed by atoms with Gasteiger partial charge in [0.1, 0.15) is 0 Å². The smallest absolute Gasteiger partial charge is 0.251 e. The quantitative estimate of drug-likeness (QED) is 0.344. The second kappa shape index (κ2) is 4.65. The van der Waals surface area contributed by atoms with E-state index in [9.17, 15) is 0 Å². The van der Waals surface area contributed by atoms with Crippen LogP contribution in [0.25, 0.3) is 0 Å². The van der Waals surface area contributed by atoms with Crippen LogP contribution in [-0.4, -0.2) is 27.4 Å². The zero-order chi connectivity index (χ0) is 5.70. The zero-order valence-electron chi connectivity index (χ0n) is 5.40. The molecule has 1 aliphatic rings. The van der Waals surface area contributed by atoms with Gasteiger partial charge < -0.3 is 4.74 Å². The summed E-state index contributed by atoms with van der Waals surface area (Å²) in [6.07, 6.45) is 0. The number of hydrogen-bond acceptors (Lipinski definition) is 1. The molecule has 0 amide bonds. The van der Waals surface area contributed by atoms with E-state index in [0.29, 0.717) is 0 Å². The highest BCUT2D eigenvalue weighted by atomic mass is 27.2. The molecule has 1 rings (SSSR count). The lowest BCUT2D eigenvalue weighted by atomic mass is 11.0. The van der Waals surface area contributed by atoms with Crippen LogP contribution in [0.1, 0.15) is 0 Å². The lowest BCUT2D eigenvalue weighted by Gasteiger charge is -1.67. The molecule has 0 unspecified atom stereocenters. The number of ether oxygens (including phenoxy) is 1. The van der Waals surface area contributed by atoms with Gasteiger partial charge in [0, 0.05) is 0 Å². The van der Waals surface area contributed by atoms with Crippen molar-refractivity contribution in [1.82, 2.24) is 0 Å². The molecule has 0 atom stereocenters. The third kappa shape index (κ3) is 58.8. The number of epoxide rings is 1. The van der Waals surface area contributed by atoms with Crippen molar-refractivity contribution in [3.63, 3.8) is 0 Å². The Balaban J connectivity index is 0.000000105. The van der Waals surface area contributed by atoms with Crippen molar-refractivity contribution in [1.29, 1.82) is 0 Å². The highest BCUT2D eigenvalue weighted by Gasteiger charge is 1.94. The van der Waals surface area contributed by atoms with Gasteiger partial charge >= 0.3 is 0 Å². The molecule has 0 N–H and O–H groups in total. The summed E-state index contributed by atoms with van der Waals surface area (Å²) in [5.74, 6) is 6.92. The molecule has 42 valence electrons. The minimum Gasteiger partial charge on any atom is -0.377 e. The van der Waals surface area contributed by atoms with Crippen molar-refractivity contribution in [2.24, 2.45) is 0 Å². The van der Waals surface area contributed by atoms with Gasteiger partial charge in [-0.05, 0) is 0 Å². The van der Waals surface area contributed by atoms with Crippen molar-refractivity contribution in [3.05, 3.63) is 0 Å². The fraction of sp³-hybridized carbons (Fsp3) is 1.00. The van der Waals surface area contributed by atoms with Crippen LogP contribution >= 0.6 is 0 Å². The van der Waals surface area contributed by atoms with Crippen LogP contribution in [0.4, 0.5) is 0 Å². The minimum atomic E-state index is -0.139. The predicted molar refractivity (Wildman–Crippen MR) is 34.2 cm³/mol. The maximum atomic E-state index is 4.50. The Morgan fingerprint density at radius 1 is 1.14 bits per heavy atom. The third-order valence-electron chi connectivity index (χ3n) is 0.204. The largest absolute Gasteiger partial charge is 0.377 e. The summed E-state index contributed by atoms with van der Waals surface area (Å²) in [6, 6.07) is 0. The SMILES string of the molecule is C1CO1.[CH3][Al]([CH3])[CH3]. The molecule has 0 aliphatic carbocycles. The molecular weight excluding hydrogens is 103 g/mol. The molecule has 0 aromatic heterocycles. The van der Waals surface area contributed by atoms with E-state index in [2.05, 4.69) is 22.1 Å². The minimum absolute atomic E-state index is 0.139. The number of hydrogen-bond donors (Lipinski definition) is 0. The molecule has 0 radical (unpaired) electrons. The van der Waals surface area contributed by atoms with E-state index < -0.39 is 0 Å². The summed E-state index contributed by atoms with van der Waals surface area (Å²) in [6.45, 7) is 2.00. The Hall–Kier alpha value is 0.492. The monoisotopic (exact) mass is 116 g/mol. The molecule has 1 nitrogen and oxygen atoms in total. The molecule has 0 aromatic carbocycles. The Kier molecular flexibility index (Phi) is 4.97. The van der Waals surface area contributed by atoms with Crippen LogP contribution in [0.2, 0.25) is 17.4 Å². The van der Waals surface area contributed by atoms with Gasteiger partial charge in [0.2, 0.25) is 0 Å². The normalized spacial score (nSPS) is 14.1. The molecule has 1 aliphatic heterocycles. The molecule has 0 bridgehead atoms. The lowest BCUT2D eigenvalue weighted by Crippen LogP contribution is -1.84. The van der Waals surface area contributed by atoms with Crippen LogP contribution < -0.4 is 0 Å². The maximum Gasteiger partial charge on any atom is 0.251 e. The van der Waals surface area contributed by atoms with Gasteiger partial charge in [0.25, 0.3) is 14.1 Å². The summed E-state index contributed by atoms with van der Waals surface area (Å²) in [4.78, 5) is 0. The zero-order valence-corrected chi connectivity index (χ0v) is 6.55. The first-order valence-electron chi connectivity index (χ1n) is 2.81. The third-order valence-corrected chi connectivity index (χ3v) is 0.204. The van der Waals surface area contributed by atoms with Crippen molar-refractivity contribution >= 4 is 14.1 Å². The van der Waals surface area contributed by atoms with Crippen LogP contribution in [0, 0.1) is 0 Å². The van der Waals surface area contributed by atoms with E-state index in [1.807, 2.05) is 0 Å². The molecular formula is C5H13AlO. The van der Waals surface area contributed by atoms with Crippen LogP contribution in [0.3, 0.4) is 0 Å². The molecule has 1 fully saturated rings. The van der Waals surface area contributed by atoms with E-state index >= 15 is 0 Å². The van der Waals surface area contributed by atoms with Crippen molar-refractivity contribution < 1.29 is 4.74 Å². The molecule has 1 heterocycles. The van der Waals surface area contributed by atoms with Crippen LogP contribution in [0.5, 0.6) is 0 Å². The van der Waals surface area contributed by atoms with Crippen molar-refractivity contribution in [3.8, 4) is 0 Å². The van der Waals surface area contributed by atoms with E-state index in [1.165, 1.54) is 0 Å². The fourth-order valence-corrected chi connectivity index (χ4v) is 0. The second-order valence-electron chi connectivity index (χ2n) is 2.34. The summed E-state index contributed by atoms with van der Waals surface area (Å²) in [7, 11) is 0. The predicted octanol–water partition coefficient (Wildman–Crippen LogP) is 1.39.